The van der Waals surface area contributed by atoms with Gasteiger partial charge in [0.1, 0.15) is 0 Å². The van der Waals surface area contributed by atoms with Crippen molar-refractivity contribution in [2.75, 3.05) is 12.3 Å². The van der Waals surface area contributed by atoms with Gasteiger partial charge in [0.05, 0.1) is 11.4 Å². The van der Waals surface area contributed by atoms with Gasteiger partial charge in [-0.25, -0.2) is 13.6 Å². The molecule has 15 heavy (non-hydrogen) atoms. The van der Waals surface area contributed by atoms with Crippen molar-refractivity contribution in [1.82, 2.24) is 10.3 Å². The van der Waals surface area contributed by atoms with Crippen LogP contribution in [0.25, 0.3) is 0 Å². The molecule has 0 amide bonds. The largest absolute Gasteiger partial charge is 0.310 e. The smallest absolute Gasteiger partial charge is 0.210 e. The second-order valence-corrected chi connectivity index (χ2v) is 5.04. The van der Waals surface area contributed by atoms with Crippen LogP contribution in [0.1, 0.15) is 11.3 Å². The van der Waals surface area contributed by atoms with E-state index < -0.39 is 10.0 Å². The Morgan fingerprint density at radius 1 is 1.53 bits per heavy atom. The quantitative estimate of drug-likeness (QED) is 0.683. The molecule has 1 aromatic heterocycles. The number of hydrogen-bond acceptors (Lipinski definition) is 4. The molecule has 0 unspecified atom stereocenters. The third-order valence-corrected chi connectivity index (χ3v) is 2.75. The van der Waals surface area contributed by atoms with Gasteiger partial charge < -0.3 is 5.32 Å². The van der Waals surface area contributed by atoms with Crippen LogP contribution in [0.3, 0.4) is 0 Å². The molecule has 0 saturated heterocycles. The van der Waals surface area contributed by atoms with E-state index in [1.807, 2.05) is 19.1 Å². The summed E-state index contributed by atoms with van der Waals surface area (Å²) in [5.74, 6) is -0.0567. The van der Waals surface area contributed by atoms with E-state index in [4.69, 9.17) is 5.14 Å². The van der Waals surface area contributed by atoms with Gasteiger partial charge in [0, 0.05) is 19.3 Å². The molecule has 1 aromatic rings. The molecular formula is C9H15N3O2S. The van der Waals surface area contributed by atoms with E-state index >= 15 is 0 Å². The molecule has 0 atom stereocenters. The van der Waals surface area contributed by atoms with Crippen LogP contribution in [0, 0.1) is 6.92 Å². The van der Waals surface area contributed by atoms with Gasteiger partial charge in [0.25, 0.3) is 0 Å². The number of nitrogens with one attached hydrogen (secondary N) is 1. The predicted molar refractivity (Wildman–Crippen MR) is 58.7 cm³/mol. The summed E-state index contributed by atoms with van der Waals surface area (Å²) in [4.78, 5) is 4.17. The highest BCUT2D eigenvalue weighted by Gasteiger charge is 2.02. The maximum atomic E-state index is 10.6. The normalized spacial score (nSPS) is 11.6. The maximum absolute atomic E-state index is 10.6. The van der Waals surface area contributed by atoms with Crippen molar-refractivity contribution in [3.8, 4) is 0 Å². The topological polar surface area (TPSA) is 85.1 Å². The van der Waals surface area contributed by atoms with E-state index in [1.165, 1.54) is 0 Å². The molecule has 0 aliphatic rings. The lowest BCUT2D eigenvalue weighted by molar-refractivity contribution is 0.591. The van der Waals surface area contributed by atoms with Crippen molar-refractivity contribution < 1.29 is 8.42 Å². The number of pyridine rings is 1. The number of aryl methyl sites for hydroxylation is 1. The Kier molecular flexibility index (Phi) is 4.19. The first kappa shape index (κ1) is 12.1. The fourth-order valence-corrected chi connectivity index (χ4v) is 1.55. The molecule has 1 rings (SSSR count). The molecule has 3 N–H and O–H groups in total. The zero-order chi connectivity index (χ0) is 11.3. The van der Waals surface area contributed by atoms with Crippen molar-refractivity contribution in [3.63, 3.8) is 0 Å². The Labute approximate surface area is 89.8 Å². The van der Waals surface area contributed by atoms with Crippen LogP contribution in [0.4, 0.5) is 0 Å². The molecule has 1 heterocycles. The summed E-state index contributed by atoms with van der Waals surface area (Å²) in [7, 11) is -3.37. The van der Waals surface area contributed by atoms with Gasteiger partial charge in [-0.2, -0.15) is 0 Å². The second kappa shape index (κ2) is 5.20. The van der Waals surface area contributed by atoms with Gasteiger partial charge in [0.2, 0.25) is 10.0 Å². The Morgan fingerprint density at radius 2 is 2.27 bits per heavy atom. The molecule has 0 aliphatic heterocycles. The van der Waals surface area contributed by atoms with Crippen LogP contribution in [-0.4, -0.2) is 25.7 Å². The Morgan fingerprint density at radius 3 is 2.87 bits per heavy atom. The minimum atomic E-state index is -3.37. The number of sulfonamides is 1. The van der Waals surface area contributed by atoms with Gasteiger partial charge in [-0.3, -0.25) is 4.98 Å². The van der Waals surface area contributed by atoms with Gasteiger partial charge in [0.15, 0.2) is 0 Å². The molecule has 0 aliphatic carbocycles. The Hall–Kier alpha value is -0.980. The highest BCUT2D eigenvalue weighted by Crippen LogP contribution is 2.01. The highest BCUT2D eigenvalue weighted by molar-refractivity contribution is 7.89. The molecule has 5 nitrogen and oxygen atoms in total. The zero-order valence-electron chi connectivity index (χ0n) is 8.60. The average molecular weight is 229 g/mol. The van der Waals surface area contributed by atoms with Crippen LogP contribution in [0.15, 0.2) is 18.3 Å². The van der Waals surface area contributed by atoms with Crippen LogP contribution >= 0.6 is 0 Å². The van der Waals surface area contributed by atoms with Gasteiger partial charge >= 0.3 is 0 Å². The number of aromatic nitrogens is 1. The second-order valence-electron chi connectivity index (χ2n) is 3.31. The van der Waals surface area contributed by atoms with Crippen molar-refractivity contribution in [2.24, 2.45) is 5.14 Å². The summed E-state index contributed by atoms with van der Waals surface area (Å²) in [5.41, 5.74) is 2.01. The Bertz CT molecular complexity index is 417. The summed E-state index contributed by atoms with van der Waals surface area (Å²) in [6, 6.07) is 3.83. The SMILES string of the molecule is Cc1cccnc1CNCCS(N)(=O)=O. The van der Waals surface area contributed by atoms with E-state index in [2.05, 4.69) is 10.3 Å². The first-order valence-electron chi connectivity index (χ1n) is 4.61. The lowest BCUT2D eigenvalue weighted by Crippen LogP contribution is -2.27. The predicted octanol–water partition coefficient (Wildman–Crippen LogP) is -0.232. The minimum Gasteiger partial charge on any atom is -0.310 e. The summed E-state index contributed by atoms with van der Waals surface area (Å²) in [6.45, 7) is 2.86. The first-order valence-corrected chi connectivity index (χ1v) is 6.32. The van der Waals surface area contributed by atoms with Crippen LogP contribution < -0.4 is 10.5 Å². The zero-order valence-corrected chi connectivity index (χ0v) is 9.42. The summed E-state index contributed by atoms with van der Waals surface area (Å²) < 4.78 is 21.3. The van der Waals surface area contributed by atoms with Gasteiger partial charge in [-0.05, 0) is 18.6 Å². The summed E-state index contributed by atoms with van der Waals surface area (Å²) >= 11 is 0. The molecule has 0 aromatic carbocycles. The maximum Gasteiger partial charge on any atom is 0.210 e. The first-order chi connectivity index (χ1) is 6.99. The van der Waals surface area contributed by atoms with Crippen molar-refractivity contribution in [2.45, 2.75) is 13.5 Å². The van der Waals surface area contributed by atoms with E-state index in [-0.39, 0.29) is 5.75 Å². The molecular weight excluding hydrogens is 214 g/mol. The van der Waals surface area contributed by atoms with Crippen LogP contribution in [0.2, 0.25) is 0 Å². The number of rotatable bonds is 5. The van der Waals surface area contributed by atoms with Crippen molar-refractivity contribution in [3.05, 3.63) is 29.6 Å². The molecule has 0 fully saturated rings. The van der Waals surface area contributed by atoms with E-state index in [0.29, 0.717) is 13.1 Å². The van der Waals surface area contributed by atoms with Crippen LogP contribution in [-0.2, 0) is 16.6 Å². The molecule has 0 saturated carbocycles. The van der Waals surface area contributed by atoms with E-state index in [9.17, 15) is 8.42 Å². The monoisotopic (exact) mass is 229 g/mol. The van der Waals surface area contributed by atoms with Crippen LogP contribution in [0.5, 0.6) is 0 Å². The van der Waals surface area contributed by atoms with Gasteiger partial charge in [-0.1, -0.05) is 6.07 Å². The third kappa shape index (κ3) is 4.87. The average Bonchev–Trinajstić information content (AvgIpc) is 2.13. The molecule has 0 bridgehead atoms. The van der Waals surface area contributed by atoms with E-state index in [1.54, 1.807) is 6.20 Å². The molecule has 84 valence electrons. The number of primary sulfonamides is 1. The number of nitrogens with zero attached hydrogens (tertiary/aromatic N) is 1. The highest BCUT2D eigenvalue weighted by atomic mass is 32.2. The van der Waals surface area contributed by atoms with E-state index in [0.717, 1.165) is 11.3 Å². The molecule has 6 heteroatoms. The summed E-state index contributed by atoms with van der Waals surface area (Å²) in [6.07, 6.45) is 1.71. The van der Waals surface area contributed by atoms with Gasteiger partial charge in [-0.15, -0.1) is 0 Å². The standard InChI is InChI=1S/C9H15N3O2S/c1-8-3-2-4-12-9(8)7-11-5-6-15(10,13)14/h2-4,11H,5-7H2,1H3,(H2,10,13,14). The third-order valence-electron chi connectivity index (χ3n) is 1.97. The fourth-order valence-electron chi connectivity index (χ4n) is 1.12. The van der Waals surface area contributed by atoms with Crippen molar-refractivity contribution in [1.29, 1.82) is 0 Å². The number of nitrogens with two attached hydrogens (primary N) is 1. The fraction of sp³-hybridized carbons (Fsp3) is 0.444. The molecule has 0 spiro atoms. The lowest BCUT2D eigenvalue weighted by Gasteiger charge is -2.05. The number of hydrogen-bond donors (Lipinski definition) is 2. The minimum absolute atomic E-state index is 0.0567. The molecule has 0 radical (unpaired) electrons. The van der Waals surface area contributed by atoms with Crippen molar-refractivity contribution >= 4 is 10.0 Å². The Balaban J connectivity index is 2.36. The lowest BCUT2D eigenvalue weighted by atomic mass is 10.2. The summed E-state index contributed by atoms with van der Waals surface area (Å²) in [5, 5.41) is 7.84.